The molecule has 0 heteroatoms. The predicted molar refractivity (Wildman–Crippen MR) is 39.0 cm³/mol. The highest BCUT2D eigenvalue weighted by atomic mass is 14.0. The predicted octanol–water partition coefficient (Wildman–Crippen LogP) is 3.22. The van der Waals surface area contributed by atoms with Gasteiger partial charge < -0.3 is 0 Å². The minimum Gasteiger partial charge on any atom is -0.0654 e. The Balaban J connectivity index is 5.73. The lowest BCUT2D eigenvalue weighted by molar-refractivity contribution is 0.534. The maximum Gasteiger partial charge on any atom is 0.0297 e. The molecule has 0 aliphatic carbocycles. The van der Waals surface area contributed by atoms with Crippen molar-refractivity contribution >= 4 is 0 Å². The van der Waals surface area contributed by atoms with E-state index in [1.165, 1.54) is 0 Å². The van der Waals surface area contributed by atoms with Crippen LogP contribution >= 0.6 is 0 Å². The van der Waals surface area contributed by atoms with Gasteiger partial charge in [-0.2, -0.15) is 0 Å². The van der Waals surface area contributed by atoms with Crippen molar-refractivity contribution in [2.75, 3.05) is 0 Å². The van der Waals surface area contributed by atoms with Gasteiger partial charge in [0, 0.05) is 12.3 Å². The van der Waals surface area contributed by atoms with Crippen molar-refractivity contribution in [1.82, 2.24) is 0 Å². The van der Waals surface area contributed by atoms with Crippen LogP contribution in [-0.2, 0) is 0 Å². The van der Waals surface area contributed by atoms with Gasteiger partial charge in [-0.05, 0) is 5.89 Å². The summed E-state index contributed by atoms with van der Waals surface area (Å²) in [6.45, 7) is 3.12. The van der Waals surface area contributed by atoms with Gasteiger partial charge in [0.25, 0.3) is 0 Å². The fourth-order valence-electron chi connectivity index (χ4n) is 0.219. The number of hydrogen-bond donors (Lipinski definition) is 0. The number of rotatable bonds is 4. The van der Waals surface area contributed by atoms with Crippen LogP contribution in [0.15, 0.2) is 0 Å². The summed E-state index contributed by atoms with van der Waals surface area (Å²) in [5, 5.41) is 0. The summed E-state index contributed by atoms with van der Waals surface area (Å²) in [7, 11) is 0. The molecule has 0 fully saturated rings. The minimum atomic E-state index is -3.14. The molecule has 0 aliphatic rings. The first-order chi connectivity index (χ1) is 7.00. The van der Waals surface area contributed by atoms with E-state index in [2.05, 4.69) is 0 Å². The molecule has 0 amide bonds. The zero-order chi connectivity index (χ0) is 14.5. The molecule has 0 aromatic carbocycles. The second-order valence-electron chi connectivity index (χ2n) is 1.62. The van der Waals surface area contributed by atoms with E-state index in [9.17, 15) is 0 Å². The first-order valence-electron chi connectivity index (χ1n) is 7.00. The summed E-state index contributed by atoms with van der Waals surface area (Å²) in [5.74, 6) is -1.89. The smallest absolute Gasteiger partial charge is 0.0297 e. The van der Waals surface area contributed by atoms with Crippen molar-refractivity contribution in [1.29, 1.82) is 0 Å². The standard InChI is InChI=1S/C8H18/c1-4-5-6-7-8(2)3/h8H,4-7H2,1-3H3/i4D2,5D2,6D2,7D2,8D. The van der Waals surface area contributed by atoms with E-state index in [1.54, 1.807) is 0 Å². The van der Waals surface area contributed by atoms with Gasteiger partial charge >= 0.3 is 0 Å². The fraction of sp³-hybridized carbons (Fsp3) is 1.00. The summed E-state index contributed by atoms with van der Waals surface area (Å²) < 4.78 is 67.6. The summed E-state index contributed by atoms with van der Waals surface area (Å²) in [5.41, 5.74) is 0. The lowest BCUT2D eigenvalue weighted by Crippen LogP contribution is -1.85. The van der Waals surface area contributed by atoms with Crippen LogP contribution in [0.5, 0.6) is 0 Å². The van der Waals surface area contributed by atoms with Gasteiger partial charge in [0.2, 0.25) is 0 Å². The number of hydrogen-bond acceptors (Lipinski definition) is 0. The van der Waals surface area contributed by atoms with Crippen molar-refractivity contribution in [3.63, 3.8) is 0 Å². The lowest BCUT2D eigenvalue weighted by Gasteiger charge is -2.00. The van der Waals surface area contributed by atoms with Crippen LogP contribution in [0.3, 0.4) is 0 Å². The molecule has 0 rings (SSSR count). The summed E-state index contributed by atoms with van der Waals surface area (Å²) in [4.78, 5) is 0. The van der Waals surface area contributed by atoms with Crippen LogP contribution < -0.4 is 0 Å². The van der Waals surface area contributed by atoms with E-state index >= 15 is 0 Å². The molecule has 50 valence electrons. The van der Waals surface area contributed by atoms with E-state index in [0.717, 1.165) is 20.8 Å². The van der Waals surface area contributed by atoms with Crippen LogP contribution in [0, 0.1) is 5.89 Å². The first-order valence-corrected chi connectivity index (χ1v) is 2.50. The van der Waals surface area contributed by atoms with Gasteiger partial charge in [0.05, 0.1) is 0 Å². The van der Waals surface area contributed by atoms with Crippen LogP contribution in [0.4, 0.5) is 0 Å². The summed E-state index contributed by atoms with van der Waals surface area (Å²) in [6.07, 6.45) is -11.6. The second kappa shape index (κ2) is 5.14. The molecular weight excluding hydrogens is 96.1 g/mol. The molecular formula is C8H18. The van der Waals surface area contributed by atoms with Crippen molar-refractivity contribution in [3.05, 3.63) is 0 Å². The summed E-state index contributed by atoms with van der Waals surface area (Å²) >= 11 is 0. The second-order valence-corrected chi connectivity index (χ2v) is 1.62. The molecule has 0 atom stereocenters. The molecule has 0 spiro atoms. The van der Waals surface area contributed by atoms with E-state index in [1.807, 2.05) is 0 Å². The molecule has 0 saturated carbocycles. The Morgan fingerprint density at radius 3 is 2.50 bits per heavy atom. The third-order valence-corrected chi connectivity index (χ3v) is 0.500. The Morgan fingerprint density at radius 1 is 1.50 bits per heavy atom. The molecule has 8 heavy (non-hydrogen) atoms. The lowest BCUT2D eigenvalue weighted by atomic mass is 10.1. The fourth-order valence-corrected chi connectivity index (χ4v) is 0.219. The SMILES string of the molecule is [2H]C([2H])(C)C([2H])([2H])C([2H])([2H])C([2H])([2H])C([2H])(C)C. The molecule has 0 nitrogen and oxygen atoms in total. The molecule has 0 unspecified atom stereocenters. The Bertz CT molecular complexity index is 252. The molecule has 0 N–H and O–H groups in total. The van der Waals surface area contributed by atoms with E-state index in [-0.39, 0.29) is 0 Å². The molecule has 0 aromatic heterocycles. The van der Waals surface area contributed by atoms with Crippen LogP contribution in [0.25, 0.3) is 0 Å². The van der Waals surface area contributed by atoms with Gasteiger partial charge in [0.15, 0.2) is 0 Å². The zero-order valence-corrected chi connectivity index (χ0v) is 5.50. The van der Waals surface area contributed by atoms with E-state index < -0.39 is 31.4 Å². The molecule has 0 saturated heterocycles. The first kappa shape index (κ1) is 1.53. The highest BCUT2D eigenvalue weighted by Crippen LogP contribution is 2.06. The maximum absolute atomic E-state index is 7.61. The maximum atomic E-state index is 7.61. The Hall–Kier alpha value is 0. The van der Waals surface area contributed by atoms with Crippen molar-refractivity contribution in [2.24, 2.45) is 5.89 Å². The average molecular weight is 123 g/mol. The Kier molecular flexibility index (Phi) is 0.984. The van der Waals surface area contributed by atoms with Crippen molar-refractivity contribution in [3.8, 4) is 0 Å². The van der Waals surface area contributed by atoms with Crippen LogP contribution in [0.1, 0.15) is 58.6 Å². The Morgan fingerprint density at radius 2 is 2.12 bits per heavy atom. The Labute approximate surface area is 65.9 Å². The van der Waals surface area contributed by atoms with Crippen molar-refractivity contribution < 1.29 is 12.3 Å². The molecule has 0 aliphatic heterocycles. The quantitative estimate of drug-likeness (QED) is 0.538. The zero-order valence-electron chi connectivity index (χ0n) is 14.5. The third kappa shape index (κ3) is 6.00. The van der Waals surface area contributed by atoms with Gasteiger partial charge in [-0.15, -0.1) is 0 Å². The summed E-state index contributed by atoms with van der Waals surface area (Å²) in [6, 6.07) is 0. The van der Waals surface area contributed by atoms with Crippen molar-refractivity contribution in [2.45, 2.75) is 46.3 Å². The monoisotopic (exact) mass is 123 g/mol. The van der Waals surface area contributed by atoms with Crippen LogP contribution in [-0.4, -0.2) is 0 Å². The van der Waals surface area contributed by atoms with Crippen LogP contribution in [0.2, 0.25) is 0 Å². The van der Waals surface area contributed by atoms with E-state index in [4.69, 9.17) is 12.3 Å². The molecule has 0 heterocycles. The highest BCUT2D eigenvalue weighted by molar-refractivity contribution is 4.44. The van der Waals surface area contributed by atoms with Gasteiger partial charge in [0.1, 0.15) is 0 Å². The van der Waals surface area contributed by atoms with Gasteiger partial charge in [-0.1, -0.05) is 46.3 Å². The average Bonchev–Trinajstić information content (AvgIpc) is 1.98. The van der Waals surface area contributed by atoms with Gasteiger partial charge in [-0.3, -0.25) is 0 Å². The highest BCUT2D eigenvalue weighted by Gasteiger charge is 1.90. The minimum absolute atomic E-state index is 0.859. The largest absolute Gasteiger partial charge is 0.0654 e. The normalized spacial score (nSPS) is 35.6. The molecule has 0 bridgehead atoms. The molecule has 0 radical (unpaired) electrons. The van der Waals surface area contributed by atoms with E-state index in [0.29, 0.717) is 0 Å². The molecule has 0 aromatic rings. The van der Waals surface area contributed by atoms with Gasteiger partial charge in [-0.25, -0.2) is 0 Å². The third-order valence-electron chi connectivity index (χ3n) is 0.500. The topological polar surface area (TPSA) is 0 Å².